The zero-order chi connectivity index (χ0) is 14.3. The highest BCUT2D eigenvalue weighted by molar-refractivity contribution is 5.99. The van der Waals surface area contributed by atoms with Crippen molar-refractivity contribution in [3.05, 3.63) is 12.4 Å². The molecule has 1 amide bonds. The maximum Gasteiger partial charge on any atom is 0.244 e. The smallest absolute Gasteiger partial charge is 0.244 e. The minimum absolute atomic E-state index is 0.114. The second kappa shape index (κ2) is 5.18. The van der Waals surface area contributed by atoms with Crippen LogP contribution in [-0.4, -0.2) is 58.0 Å². The Hall–Kier alpha value is -1.40. The van der Waals surface area contributed by atoms with Crippen LogP contribution in [-0.2, 0) is 11.8 Å². The predicted molar refractivity (Wildman–Crippen MR) is 75.3 cm³/mol. The van der Waals surface area contributed by atoms with E-state index in [-0.39, 0.29) is 18.1 Å². The third-order valence-electron chi connectivity index (χ3n) is 4.35. The first-order valence-electron chi connectivity index (χ1n) is 7.24. The largest absolute Gasteiger partial charge is 0.392 e. The van der Waals surface area contributed by atoms with Crippen LogP contribution in [0.4, 0.5) is 5.69 Å². The standard InChI is InChI=1S/C14H22N4O2/c1-16(9-13(19)10-3-4-10)12-5-6-18(14(12)20)11-7-15-17(2)8-11/h7-8,10,12-13,19H,3-6,9H2,1-2H3. The summed E-state index contributed by atoms with van der Waals surface area (Å²) in [4.78, 5) is 16.3. The van der Waals surface area contributed by atoms with Crippen molar-refractivity contribution < 1.29 is 9.90 Å². The Balaban J connectivity index is 1.62. The molecule has 1 saturated carbocycles. The van der Waals surface area contributed by atoms with Gasteiger partial charge >= 0.3 is 0 Å². The van der Waals surface area contributed by atoms with Gasteiger partial charge in [-0.3, -0.25) is 14.4 Å². The van der Waals surface area contributed by atoms with Gasteiger partial charge in [0.15, 0.2) is 0 Å². The number of hydrogen-bond acceptors (Lipinski definition) is 4. The zero-order valence-electron chi connectivity index (χ0n) is 12.1. The number of hydrogen-bond donors (Lipinski definition) is 1. The van der Waals surface area contributed by atoms with Crippen molar-refractivity contribution in [2.45, 2.75) is 31.4 Å². The maximum atomic E-state index is 12.5. The molecule has 6 nitrogen and oxygen atoms in total. The van der Waals surface area contributed by atoms with E-state index in [1.165, 1.54) is 0 Å². The Bertz CT molecular complexity index is 497. The molecule has 110 valence electrons. The molecule has 2 aliphatic rings. The lowest BCUT2D eigenvalue weighted by molar-refractivity contribution is -0.121. The second-order valence-corrected chi connectivity index (χ2v) is 6.01. The first kappa shape index (κ1) is 13.6. The summed E-state index contributed by atoms with van der Waals surface area (Å²) in [5, 5.41) is 14.1. The van der Waals surface area contributed by atoms with Crippen molar-refractivity contribution in [2.24, 2.45) is 13.0 Å². The van der Waals surface area contributed by atoms with E-state index in [4.69, 9.17) is 0 Å². The molecule has 2 fully saturated rings. The molecule has 0 radical (unpaired) electrons. The minimum atomic E-state index is -0.291. The third-order valence-corrected chi connectivity index (χ3v) is 4.35. The monoisotopic (exact) mass is 278 g/mol. The summed E-state index contributed by atoms with van der Waals surface area (Å²) in [5.74, 6) is 0.562. The summed E-state index contributed by atoms with van der Waals surface area (Å²) in [5.41, 5.74) is 0.858. The normalized spacial score (nSPS) is 24.7. The first-order valence-corrected chi connectivity index (χ1v) is 7.24. The van der Waals surface area contributed by atoms with E-state index in [0.29, 0.717) is 12.5 Å². The molecule has 1 aliphatic carbocycles. The molecule has 3 rings (SSSR count). The number of amides is 1. The number of aliphatic hydroxyl groups is 1. The van der Waals surface area contributed by atoms with E-state index in [1.54, 1.807) is 15.8 Å². The van der Waals surface area contributed by atoms with Crippen LogP contribution in [0, 0.1) is 5.92 Å². The summed E-state index contributed by atoms with van der Waals surface area (Å²) in [7, 11) is 3.78. The van der Waals surface area contributed by atoms with Crippen LogP contribution >= 0.6 is 0 Å². The summed E-state index contributed by atoms with van der Waals surface area (Å²) >= 11 is 0. The van der Waals surface area contributed by atoms with Gasteiger partial charge in [0, 0.05) is 26.3 Å². The summed E-state index contributed by atoms with van der Waals surface area (Å²) in [6, 6.07) is -0.122. The minimum Gasteiger partial charge on any atom is -0.392 e. The van der Waals surface area contributed by atoms with Gasteiger partial charge in [0.2, 0.25) is 5.91 Å². The van der Waals surface area contributed by atoms with Crippen LogP contribution in [0.5, 0.6) is 0 Å². The quantitative estimate of drug-likeness (QED) is 0.837. The molecule has 2 atom stereocenters. The third kappa shape index (κ3) is 2.58. The lowest BCUT2D eigenvalue weighted by atomic mass is 10.1. The maximum absolute atomic E-state index is 12.5. The van der Waals surface area contributed by atoms with E-state index in [9.17, 15) is 9.90 Å². The fraction of sp³-hybridized carbons (Fsp3) is 0.714. The van der Waals surface area contributed by atoms with Gasteiger partial charge < -0.3 is 10.0 Å². The van der Waals surface area contributed by atoms with Crippen molar-refractivity contribution in [3.8, 4) is 0 Å². The lowest BCUT2D eigenvalue weighted by Gasteiger charge is -2.25. The number of aliphatic hydroxyl groups excluding tert-OH is 1. The molecule has 1 aliphatic heterocycles. The van der Waals surface area contributed by atoms with Crippen LogP contribution < -0.4 is 4.90 Å². The lowest BCUT2D eigenvalue weighted by Crippen LogP contribution is -2.43. The zero-order valence-corrected chi connectivity index (χ0v) is 12.1. The molecular weight excluding hydrogens is 256 g/mol. The highest BCUT2D eigenvalue weighted by Gasteiger charge is 2.38. The van der Waals surface area contributed by atoms with E-state index in [1.807, 2.05) is 25.2 Å². The highest BCUT2D eigenvalue weighted by atomic mass is 16.3. The number of aryl methyl sites for hydroxylation is 1. The molecule has 1 aromatic heterocycles. The van der Waals surface area contributed by atoms with Gasteiger partial charge in [-0.2, -0.15) is 5.10 Å². The molecule has 20 heavy (non-hydrogen) atoms. The van der Waals surface area contributed by atoms with Gasteiger partial charge in [0.25, 0.3) is 0 Å². The molecule has 0 aromatic carbocycles. The number of nitrogens with zero attached hydrogens (tertiary/aromatic N) is 4. The number of carbonyl (C=O) groups excluding carboxylic acids is 1. The van der Waals surface area contributed by atoms with E-state index in [2.05, 4.69) is 5.10 Å². The van der Waals surface area contributed by atoms with Crippen LogP contribution in [0.3, 0.4) is 0 Å². The first-order chi connectivity index (χ1) is 9.56. The van der Waals surface area contributed by atoms with Crippen LogP contribution in [0.25, 0.3) is 0 Å². The number of anilines is 1. The Morgan fingerprint density at radius 1 is 1.50 bits per heavy atom. The second-order valence-electron chi connectivity index (χ2n) is 6.01. The summed E-state index contributed by atoms with van der Waals surface area (Å²) in [6.45, 7) is 1.31. The van der Waals surface area contributed by atoms with Crippen molar-refractivity contribution in [2.75, 3.05) is 25.0 Å². The van der Waals surface area contributed by atoms with Gasteiger partial charge in [0.05, 0.1) is 24.0 Å². The van der Waals surface area contributed by atoms with E-state index in [0.717, 1.165) is 31.5 Å². The van der Waals surface area contributed by atoms with Crippen molar-refractivity contribution >= 4 is 11.6 Å². The van der Waals surface area contributed by atoms with Gasteiger partial charge in [-0.05, 0) is 32.2 Å². The van der Waals surface area contributed by atoms with Gasteiger partial charge in [-0.15, -0.1) is 0 Å². The Kier molecular flexibility index (Phi) is 3.52. The molecular formula is C14H22N4O2. The van der Waals surface area contributed by atoms with E-state index >= 15 is 0 Å². The Labute approximate surface area is 119 Å². The van der Waals surface area contributed by atoms with E-state index < -0.39 is 0 Å². The molecule has 2 unspecified atom stereocenters. The summed E-state index contributed by atoms with van der Waals surface area (Å²) < 4.78 is 1.70. The molecule has 1 aromatic rings. The van der Waals surface area contributed by atoms with Crippen LogP contribution in [0.15, 0.2) is 12.4 Å². The van der Waals surface area contributed by atoms with Crippen LogP contribution in [0.2, 0.25) is 0 Å². The molecule has 6 heteroatoms. The van der Waals surface area contributed by atoms with Crippen molar-refractivity contribution in [1.29, 1.82) is 0 Å². The average molecular weight is 278 g/mol. The fourth-order valence-corrected chi connectivity index (χ4v) is 2.93. The topological polar surface area (TPSA) is 61.6 Å². The SMILES string of the molecule is CN(CC(O)C1CC1)C1CCN(c2cnn(C)c2)C1=O. The van der Waals surface area contributed by atoms with Crippen LogP contribution in [0.1, 0.15) is 19.3 Å². The molecule has 1 saturated heterocycles. The Morgan fingerprint density at radius 3 is 2.85 bits per heavy atom. The van der Waals surface area contributed by atoms with Gasteiger partial charge in [-0.1, -0.05) is 0 Å². The Morgan fingerprint density at radius 2 is 2.25 bits per heavy atom. The van der Waals surface area contributed by atoms with Gasteiger partial charge in [0.1, 0.15) is 0 Å². The predicted octanol–water partition coefficient (Wildman–Crippen LogP) is 0.228. The summed E-state index contributed by atoms with van der Waals surface area (Å²) in [6.07, 6.45) is 6.34. The highest BCUT2D eigenvalue weighted by Crippen LogP contribution is 2.33. The number of carbonyl (C=O) groups is 1. The van der Waals surface area contributed by atoms with Crippen molar-refractivity contribution in [3.63, 3.8) is 0 Å². The molecule has 0 bridgehead atoms. The van der Waals surface area contributed by atoms with Crippen molar-refractivity contribution in [1.82, 2.24) is 14.7 Å². The molecule has 0 spiro atoms. The molecule has 2 heterocycles. The molecule has 1 N–H and O–H groups in total. The number of aromatic nitrogens is 2. The van der Waals surface area contributed by atoms with Gasteiger partial charge in [-0.25, -0.2) is 0 Å². The average Bonchev–Trinajstić information content (AvgIpc) is 3.07. The number of rotatable bonds is 5. The fourth-order valence-electron chi connectivity index (χ4n) is 2.93. The number of likely N-dealkylation sites (N-methyl/N-ethyl adjacent to an activating group) is 1.